The summed E-state index contributed by atoms with van der Waals surface area (Å²) in [5.41, 5.74) is 1.17. The number of fused-ring (bicyclic) bond motifs is 1. The summed E-state index contributed by atoms with van der Waals surface area (Å²) in [6.45, 7) is 0.705. The largest absolute Gasteiger partial charge is 0.489 e. The van der Waals surface area contributed by atoms with Gasteiger partial charge in [-0.15, -0.1) is 0 Å². The summed E-state index contributed by atoms with van der Waals surface area (Å²) in [6, 6.07) is 8.03. The summed E-state index contributed by atoms with van der Waals surface area (Å²) in [7, 11) is 0. The fourth-order valence-electron chi connectivity index (χ4n) is 1.06. The van der Waals surface area contributed by atoms with Crippen molar-refractivity contribution in [1.29, 1.82) is 0 Å². The molecule has 11 nitrogen and oxygen atoms in total. The zero-order valence-corrected chi connectivity index (χ0v) is 10.6. The fraction of sp³-hybridized carbons (Fsp3) is 0.111. The van der Waals surface area contributed by atoms with Crippen molar-refractivity contribution in [1.82, 2.24) is 0 Å². The minimum absolute atomic E-state index is 0. The Morgan fingerprint density at radius 2 is 1.10 bits per heavy atom. The van der Waals surface area contributed by atoms with Crippen LogP contribution >= 0.6 is 0 Å². The number of hydrogen-bond acceptors (Lipinski definition) is 1. The van der Waals surface area contributed by atoms with Gasteiger partial charge in [-0.05, 0) is 12.1 Å². The first-order valence-corrected chi connectivity index (χ1v) is 3.35. The molecule has 1 aromatic carbocycles. The second-order valence-electron chi connectivity index (χ2n) is 2.25. The molecule has 1 aliphatic heterocycles. The normalized spacial score (nSPS) is 7.00. The number of benzene rings is 1. The second kappa shape index (κ2) is 30.4. The molecular formula is C9H28O11. The van der Waals surface area contributed by atoms with E-state index < -0.39 is 0 Å². The van der Waals surface area contributed by atoms with Crippen molar-refractivity contribution in [2.75, 3.05) is 6.61 Å². The Hall–Kier alpha value is -1.64. The third-order valence-electron chi connectivity index (χ3n) is 1.55. The molecule has 0 amide bonds. The van der Waals surface area contributed by atoms with Crippen molar-refractivity contribution in [2.24, 2.45) is 0 Å². The molecule has 0 atom stereocenters. The van der Waals surface area contributed by atoms with Crippen LogP contribution in [-0.4, -0.2) is 61.4 Å². The van der Waals surface area contributed by atoms with Crippen LogP contribution in [0.25, 0.3) is 6.08 Å². The quantitative estimate of drug-likeness (QED) is 0.443. The first kappa shape index (κ1) is 63.2. The van der Waals surface area contributed by atoms with E-state index in [9.17, 15) is 0 Å². The summed E-state index contributed by atoms with van der Waals surface area (Å²) in [5.74, 6) is 0.991. The third kappa shape index (κ3) is 14.4. The highest BCUT2D eigenvalue weighted by Gasteiger charge is 2.01. The first-order chi connectivity index (χ1) is 4.97. The van der Waals surface area contributed by atoms with Crippen LogP contribution in [0.4, 0.5) is 0 Å². The van der Waals surface area contributed by atoms with Crippen molar-refractivity contribution in [3.05, 3.63) is 35.9 Å². The third-order valence-corrected chi connectivity index (χ3v) is 1.55. The van der Waals surface area contributed by atoms with Gasteiger partial charge in [-0.2, -0.15) is 0 Å². The van der Waals surface area contributed by atoms with Crippen LogP contribution in [0.1, 0.15) is 5.56 Å². The second-order valence-corrected chi connectivity index (χ2v) is 2.25. The summed E-state index contributed by atoms with van der Waals surface area (Å²) in [6.07, 6.45) is 4.10. The Balaban J connectivity index is -0.0000000173. The van der Waals surface area contributed by atoms with Crippen molar-refractivity contribution in [2.45, 2.75) is 0 Å². The van der Waals surface area contributed by atoms with Gasteiger partial charge in [0.1, 0.15) is 12.4 Å². The lowest BCUT2D eigenvalue weighted by Gasteiger charge is -2.10. The standard InChI is InChI=1S/C9H8O.10H2O/c1-2-6-9-8(4-1)5-3-7-10-9;;;;;;;;;;/h1-6H,7H2;10*1H2. The van der Waals surface area contributed by atoms with E-state index >= 15 is 0 Å². The van der Waals surface area contributed by atoms with E-state index in [-0.39, 0.29) is 54.8 Å². The van der Waals surface area contributed by atoms with E-state index in [0.29, 0.717) is 6.61 Å². The fourth-order valence-corrected chi connectivity index (χ4v) is 1.06. The van der Waals surface area contributed by atoms with Crippen molar-refractivity contribution >= 4 is 6.08 Å². The highest BCUT2D eigenvalue weighted by Crippen LogP contribution is 2.21. The van der Waals surface area contributed by atoms with Gasteiger partial charge in [0.15, 0.2) is 0 Å². The summed E-state index contributed by atoms with van der Waals surface area (Å²) >= 11 is 0. The monoisotopic (exact) mass is 312 g/mol. The molecule has 0 saturated heterocycles. The zero-order chi connectivity index (χ0) is 6.81. The molecule has 0 aromatic heterocycles. The molecule has 2 rings (SSSR count). The Kier molecular flexibility index (Phi) is 96.0. The van der Waals surface area contributed by atoms with Gasteiger partial charge in [0, 0.05) is 5.56 Å². The molecule has 20 heavy (non-hydrogen) atoms. The van der Waals surface area contributed by atoms with Crippen LogP contribution in [0.3, 0.4) is 0 Å². The maximum Gasteiger partial charge on any atom is 0.126 e. The average molecular weight is 312 g/mol. The van der Waals surface area contributed by atoms with E-state index in [0.717, 1.165) is 5.75 Å². The van der Waals surface area contributed by atoms with E-state index in [1.165, 1.54) is 5.56 Å². The zero-order valence-electron chi connectivity index (χ0n) is 10.6. The van der Waals surface area contributed by atoms with Crippen LogP contribution in [0.5, 0.6) is 5.75 Å². The van der Waals surface area contributed by atoms with Gasteiger partial charge in [-0.3, -0.25) is 0 Å². The van der Waals surface area contributed by atoms with Gasteiger partial charge in [-0.25, -0.2) is 0 Å². The smallest absolute Gasteiger partial charge is 0.126 e. The number of ether oxygens (including phenoxy) is 1. The molecular weight excluding hydrogens is 284 g/mol. The molecule has 1 aromatic rings. The van der Waals surface area contributed by atoms with E-state index in [2.05, 4.69) is 6.08 Å². The van der Waals surface area contributed by atoms with Crippen LogP contribution in [-0.2, 0) is 0 Å². The maximum absolute atomic E-state index is 5.34. The molecule has 0 radical (unpaired) electrons. The Bertz CT molecular complexity index is 278. The summed E-state index contributed by atoms with van der Waals surface area (Å²) < 4.78 is 5.34. The van der Waals surface area contributed by atoms with E-state index in [1.807, 2.05) is 30.3 Å². The molecule has 0 saturated carbocycles. The Morgan fingerprint density at radius 1 is 0.650 bits per heavy atom. The van der Waals surface area contributed by atoms with Crippen molar-refractivity contribution < 1.29 is 59.5 Å². The highest BCUT2D eigenvalue weighted by atomic mass is 16.5. The molecule has 0 bridgehead atoms. The lowest BCUT2D eigenvalue weighted by Crippen LogP contribution is -1.98. The van der Waals surface area contributed by atoms with Gasteiger partial charge in [0.05, 0.1) is 0 Å². The molecule has 0 unspecified atom stereocenters. The lowest BCUT2D eigenvalue weighted by molar-refractivity contribution is 0.358. The molecule has 0 spiro atoms. The lowest BCUT2D eigenvalue weighted by atomic mass is 10.1. The molecule has 0 aliphatic carbocycles. The van der Waals surface area contributed by atoms with Crippen molar-refractivity contribution in [3.8, 4) is 5.75 Å². The van der Waals surface area contributed by atoms with Crippen LogP contribution < -0.4 is 4.74 Å². The minimum Gasteiger partial charge on any atom is -0.489 e. The predicted octanol–water partition coefficient (Wildman–Crippen LogP) is -6.15. The maximum atomic E-state index is 5.34. The molecule has 20 N–H and O–H groups in total. The highest BCUT2D eigenvalue weighted by molar-refractivity contribution is 5.58. The van der Waals surface area contributed by atoms with E-state index in [4.69, 9.17) is 4.74 Å². The molecule has 0 fully saturated rings. The Morgan fingerprint density at radius 3 is 1.55 bits per heavy atom. The predicted molar refractivity (Wildman–Crippen MR) is 77.1 cm³/mol. The number of hydrogen-bond donors (Lipinski definition) is 0. The van der Waals surface area contributed by atoms with Crippen LogP contribution in [0, 0.1) is 0 Å². The van der Waals surface area contributed by atoms with Gasteiger partial charge in [0.25, 0.3) is 0 Å². The van der Waals surface area contributed by atoms with Gasteiger partial charge in [-0.1, -0.05) is 24.3 Å². The summed E-state index contributed by atoms with van der Waals surface area (Å²) in [5, 5.41) is 0. The molecule has 130 valence electrons. The molecule has 1 aliphatic rings. The summed E-state index contributed by atoms with van der Waals surface area (Å²) in [4.78, 5) is 0. The SMILES string of the molecule is C1=Cc2ccccc2OC1.O.O.O.O.O.O.O.O.O.O. The number of para-hydroxylation sites is 1. The van der Waals surface area contributed by atoms with Crippen molar-refractivity contribution in [3.63, 3.8) is 0 Å². The van der Waals surface area contributed by atoms with Crippen LogP contribution in [0.2, 0.25) is 0 Å². The van der Waals surface area contributed by atoms with Gasteiger partial charge in [0.2, 0.25) is 0 Å². The first-order valence-electron chi connectivity index (χ1n) is 3.35. The van der Waals surface area contributed by atoms with Gasteiger partial charge >= 0.3 is 0 Å². The van der Waals surface area contributed by atoms with Crippen LogP contribution in [0.15, 0.2) is 30.3 Å². The minimum atomic E-state index is 0. The van der Waals surface area contributed by atoms with Gasteiger partial charge < -0.3 is 59.5 Å². The topological polar surface area (TPSA) is 324 Å². The number of rotatable bonds is 0. The Labute approximate surface area is 115 Å². The molecule has 11 heteroatoms. The average Bonchev–Trinajstić information content (AvgIpc) is 2.05. The molecule has 1 heterocycles. The van der Waals surface area contributed by atoms with E-state index in [1.54, 1.807) is 0 Å².